The van der Waals surface area contributed by atoms with Crippen LogP contribution in [0.25, 0.3) is 0 Å². The van der Waals surface area contributed by atoms with Crippen molar-refractivity contribution in [2.24, 2.45) is 0 Å². The first-order chi connectivity index (χ1) is 11.6. The SMILES string of the molecule is COc1ccccc1C1(C(=O)NCCc2ccc(C(C)=O)s2)CC1. The second-order valence-corrected chi connectivity index (χ2v) is 7.28. The number of carbonyl (C=O) groups is 2. The minimum atomic E-state index is -0.438. The fourth-order valence-electron chi connectivity index (χ4n) is 2.95. The lowest BCUT2D eigenvalue weighted by atomic mass is 9.94. The molecule has 1 aliphatic rings. The number of hydrogen-bond donors (Lipinski definition) is 1. The fourth-order valence-corrected chi connectivity index (χ4v) is 3.86. The van der Waals surface area contributed by atoms with Gasteiger partial charge in [-0.2, -0.15) is 0 Å². The van der Waals surface area contributed by atoms with Gasteiger partial charge in [0, 0.05) is 17.0 Å². The minimum Gasteiger partial charge on any atom is -0.496 e. The van der Waals surface area contributed by atoms with Gasteiger partial charge < -0.3 is 10.1 Å². The molecule has 5 heteroatoms. The molecule has 24 heavy (non-hydrogen) atoms. The molecule has 2 aromatic rings. The molecule has 3 rings (SSSR count). The van der Waals surface area contributed by atoms with Gasteiger partial charge in [-0.1, -0.05) is 18.2 Å². The molecule has 1 fully saturated rings. The molecule has 1 aliphatic carbocycles. The number of para-hydroxylation sites is 1. The van der Waals surface area contributed by atoms with Crippen molar-refractivity contribution in [2.45, 2.75) is 31.6 Å². The van der Waals surface area contributed by atoms with E-state index < -0.39 is 5.41 Å². The summed E-state index contributed by atoms with van der Waals surface area (Å²) < 4.78 is 5.41. The van der Waals surface area contributed by atoms with Crippen LogP contribution in [-0.4, -0.2) is 25.3 Å². The third-order valence-corrected chi connectivity index (χ3v) is 5.72. The van der Waals surface area contributed by atoms with Crippen molar-refractivity contribution in [2.75, 3.05) is 13.7 Å². The number of ether oxygens (including phenoxy) is 1. The number of benzene rings is 1. The smallest absolute Gasteiger partial charge is 0.230 e. The summed E-state index contributed by atoms with van der Waals surface area (Å²) >= 11 is 1.50. The van der Waals surface area contributed by atoms with E-state index in [1.807, 2.05) is 36.4 Å². The van der Waals surface area contributed by atoms with Gasteiger partial charge in [-0.15, -0.1) is 11.3 Å². The molecule has 0 bridgehead atoms. The van der Waals surface area contributed by atoms with Crippen molar-refractivity contribution in [3.05, 3.63) is 51.7 Å². The Kier molecular flexibility index (Phi) is 4.71. The van der Waals surface area contributed by atoms with E-state index in [1.165, 1.54) is 11.3 Å². The highest BCUT2D eigenvalue weighted by molar-refractivity contribution is 7.14. The number of ketones is 1. The van der Waals surface area contributed by atoms with E-state index in [9.17, 15) is 9.59 Å². The molecule has 1 amide bonds. The molecule has 1 aromatic carbocycles. The van der Waals surface area contributed by atoms with Gasteiger partial charge in [0.1, 0.15) is 5.75 Å². The van der Waals surface area contributed by atoms with E-state index >= 15 is 0 Å². The Morgan fingerprint density at radius 3 is 2.58 bits per heavy atom. The summed E-state index contributed by atoms with van der Waals surface area (Å²) in [5, 5.41) is 3.05. The van der Waals surface area contributed by atoms with Gasteiger partial charge in [-0.05, 0) is 44.4 Å². The number of thiophene rings is 1. The van der Waals surface area contributed by atoms with Crippen LogP contribution in [0.5, 0.6) is 5.75 Å². The Labute approximate surface area is 145 Å². The number of rotatable bonds is 7. The molecular weight excluding hydrogens is 322 g/mol. The van der Waals surface area contributed by atoms with Crippen molar-refractivity contribution < 1.29 is 14.3 Å². The molecule has 1 N–H and O–H groups in total. The Morgan fingerprint density at radius 2 is 1.96 bits per heavy atom. The summed E-state index contributed by atoms with van der Waals surface area (Å²) in [7, 11) is 1.64. The third kappa shape index (κ3) is 3.22. The molecule has 1 saturated carbocycles. The monoisotopic (exact) mass is 343 g/mol. The van der Waals surface area contributed by atoms with Crippen LogP contribution in [0.2, 0.25) is 0 Å². The first-order valence-corrected chi connectivity index (χ1v) is 8.90. The van der Waals surface area contributed by atoms with Crippen molar-refractivity contribution >= 4 is 23.0 Å². The number of hydrogen-bond acceptors (Lipinski definition) is 4. The summed E-state index contributed by atoms with van der Waals surface area (Å²) in [4.78, 5) is 25.9. The Morgan fingerprint density at radius 1 is 1.21 bits per heavy atom. The van der Waals surface area contributed by atoms with Crippen molar-refractivity contribution in [3.8, 4) is 5.75 Å². The number of carbonyl (C=O) groups excluding carboxylic acids is 2. The minimum absolute atomic E-state index is 0.0651. The van der Waals surface area contributed by atoms with E-state index in [0.717, 1.165) is 40.3 Å². The number of Topliss-reactive ketones (excluding diaryl/α,β-unsaturated/α-hetero) is 1. The molecule has 0 atom stereocenters. The largest absolute Gasteiger partial charge is 0.496 e. The summed E-state index contributed by atoms with van der Waals surface area (Å²) in [6.07, 6.45) is 2.45. The highest BCUT2D eigenvalue weighted by Gasteiger charge is 2.52. The predicted octanol–water partition coefficient (Wildman–Crippen LogP) is 3.35. The Bertz CT molecular complexity index is 761. The first kappa shape index (κ1) is 16.7. The van der Waals surface area contributed by atoms with Crippen LogP contribution >= 0.6 is 11.3 Å². The maximum absolute atomic E-state index is 12.7. The lowest BCUT2D eigenvalue weighted by Gasteiger charge is -2.18. The van der Waals surface area contributed by atoms with Gasteiger partial charge in [-0.3, -0.25) is 9.59 Å². The molecule has 1 aromatic heterocycles. The lowest BCUT2D eigenvalue weighted by Crippen LogP contribution is -2.36. The Balaban J connectivity index is 1.61. The molecule has 0 saturated heterocycles. The van der Waals surface area contributed by atoms with Gasteiger partial charge in [0.25, 0.3) is 0 Å². The Hall–Kier alpha value is -2.14. The standard InChI is InChI=1S/C19H21NO3S/c1-13(21)17-8-7-14(24-17)9-12-20-18(22)19(10-11-19)15-5-3-4-6-16(15)23-2/h3-8H,9-12H2,1-2H3,(H,20,22). The molecule has 0 spiro atoms. The van der Waals surface area contributed by atoms with Crippen LogP contribution in [-0.2, 0) is 16.6 Å². The second kappa shape index (κ2) is 6.77. The molecular formula is C19H21NO3S. The van der Waals surface area contributed by atoms with Gasteiger partial charge in [-0.25, -0.2) is 0 Å². The average Bonchev–Trinajstić information content (AvgIpc) is 3.26. The second-order valence-electron chi connectivity index (χ2n) is 6.11. The summed E-state index contributed by atoms with van der Waals surface area (Å²) in [5.41, 5.74) is 0.534. The molecule has 1 heterocycles. The maximum Gasteiger partial charge on any atom is 0.230 e. The summed E-state index contributed by atoms with van der Waals surface area (Å²) in [6.45, 7) is 2.15. The van der Waals surface area contributed by atoms with Crippen LogP contribution < -0.4 is 10.1 Å². The topological polar surface area (TPSA) is 55.4 Å². The van der Waals surface area contributed by atoms with Gasteiger partial charge in [0.05, 0.1) is 17.4 Å². The predicted molar refractivity (Wildman–Crippen MR) is 94.9 cm³/mol. The van der Waals surface area contributed by atoms with E-state index in [2.05, 4.69) is 5.32 Å². The van der Waals surface area contributed by atoms with Gasteiger partial charge in [0.15, 0.2) is 5.78 Å². The number of methoxy groups -OCH3 is 1. The van der Waals surface area contributed by atoms with Crippen LogP contribution in [0.1, 0.15) is 39.9 Å². The van der Waals surface area contributed by atoms with Gasteiger partial charge >= 0.3 is 0 Å². The third-order valence-electron chi connectivity index (χ3n) is 4.47. The first-order valence-electron chi connectivity index (χ1n) is 8.08. The van der Waals surface area contributed by atoms with Crippen LogP contribution in [0.3, 0.4) is 0 Å². The van der Waals surface area contributed by atoms with Crippen molar-refractivity contribution in [1.29, 1.82) is 0 Å². The zero-order valence-corrected chi connectivity index (χ0v) is 14.7. The zero-order valence-electron chi connectivity index (χ0n) is 13.9. The molecule has 0 radical (unpaired) electrons. The van der Waals surface area contributed by atoms with Crippen molar-refractivity contribution in [3.63, 3.8) is 0 Å². The van der Waals surface area contributed by atoms with E-state index in [-0.39, 0.29) is 11.7 Å². The molecule has 0 aliphatic heterocycles. The fraction of sp³-hybridized carbons (Fsp3) is 0.368. The average molecular weight is 343 g/mol. The van der Waals surface area contributed by atoms with Crippen LogP contribution in [0.4, 0.5) is 0 Å². The molecule has 126 valence electrons. The van der Waals surface area contributed by atoms with Crippen LogP contribution in [0.15, 0.2) is 36.4 Å². The van der Waals surface area contributed by atoms with E-state index in [4.69, 9.17) is 4.74 Å². The lowest BCUT2D eigenvalue weighted by molar-refractivity contribution is -0.123. The summed E-state index contributed by atoms with van der Waals surface area (Å²) in [5.74, 6) is 0.924. The van der Waals surface area contributed by atoms with Crippen LogP contribution in [0, 0.1) is 0 Å². The highest BCUT2D eigenvalue weighted by Crippen LogP contribution is 2.51. The van der Waals surface area contributed by atoms with Gasteiger partial charge in [0.2, 0.25) is 5.91 Å². The number of amides is 1. The molecule has 4 nitrogen and oxygen atoms in total. The summed E-state index contributed by atoms with van der Waals surface area (Å²) in [6, 6.07) is 11.5. The normalized spacial score (nSPS) is 14.9. The van der Waals surface area contributed by atoms with E-state index in [0.29, 0.717) is 6.54 Å². The van der Waals surface area contributed by atoms with E-state index in [1.54, 1.807) is 14.0 Å². The van der Waals surface area contributed by atoms with Crippen molar-refractivity contribution in [1.82, 2.24) is 5.32 Å². The maximum atomic E-state index is 12.7. The highest BCUT2D eigenvalue weighted by atomic mass is 32.1. The molecule has 0 unspecified atom stereocenters. The quantitative estimate of drug-likeness (QED) is 0.785. The zero-order chi connectivity index (χ0) is 17.2. The number of nitrogens with one attached hydrogen (secondary N) is 1.